The normalized spacial score (nSPS) is 40.2. The van der Waals surface area contributed by atoms with Crippen LogP contribution < -0.4 is 0 Å². The molecule has 6 heteroatoms. The summed E-state index contributed by atoms with van der Waals surface area (Å²) in [6.45, 7) is 3.84. The molecular weight excluding hydrogens is 285 g/mol. The van der Waals surface area contributed by atoms with Crippen molar-refractivity contribution in [2.45, 2.75) is 51.2 Å². The first-order valence-corrected chi connectivity index (χ1v) is 7.57. The van der Waals surface area contributed by atoms with Crippen LogP contribution in [0.5, 0.6) is 0 Å². The fourth-order valence-electron chi connectivity index (χ4n) is 3.52. The van der Waals surface area contributed by atoms with E-state index in [0.717, 1.165) is 12.8 Å². The minimum absolute atomic E-state index is 0.00605. The van der Waals surface area contributed by atoms with Crippen LogP contribution in [0.4, 0.5) is 13.2 Å². The van der Waals surface area contributed by atoms with Gasteiger partial charge in [0.2, 0.25) is 0 Å². The summed E-state index contributed by atoms with van der Waals surface area (Å²) >= 11 is 0. The Labute approximate surface area is 122 Å². The summed E-state index contributed by atoms with van der Waals surface area (Å²) in [5, 5.41) is 0. The third kappa shape index (κ3) is 2.73. The summed E-state index contributed by atoms with van der Waals surface area (Å²) < 4.78 is 55.5. The molecule has 0 amide bonds. The highest BCUT2D eigenvalue weighted by molar-refractivity contribution is 5.13. The number of hydrogen-bond donors (Lipinski definition) is 0. The monoisotopic (exact) mass is 306 g/mol. The highest BCUT2D eigenvalue weighted by atomic mass is 19.4. The van der Waals surface area contributed by atoms with E-state index in [1.807, 2.05) is 0 Å². The van der Waals surface area contributed by atoms with E-state index in [1.165, 1.54) is 6.08 Å². The Balaban J connectivity index is 1.66. The molecule has 3 aliphatic heterocycles. The van der Waals surface area contributed by atoms with Gasteiger partial charge in [0.1, 0.15) is 0 Å². The van der Waals surface area contributed by atoms with Crippen LogP contribution in [0.2, 0.25) is 0 Å². The third-order valence-corrected chi connectivity index (χ3v) is 4.79. The molecule has 0 N–H and O–H groups in total. The van der Waals surface area contributed by atoms with Gasteiger partial charge >= 0.3 is 6.18 Å². The number of alkyl halides is 3. The Bertz CT molecular complexity index is 406. The third-order valence-electron chi connectivity index (χ3n) is 4.79. The van der Waals surface area contributed by atoms with Crippen LogP contribution in [-0.2, 0) is 14.2 Å². The second-order valence-electron chi connectivity index (χ2n) is 6.42. The van der Waals surface area contributed by atoms with Gasteiger partial charge in [-0.1, -0.05) is 19.4 Å². The predicted molar refractivity (Wildman–Crippen MR) is 69.4 cm³/mol. The van der Waals surface area contributed by atoms with E-state index in [2.05, 4.69) is 6.92 Å². The zero-order valence-electron chi connectivity index (χ0n) is 12.2. The maximum absolute atomic E-state index is 12.7. The number of fused-ring (bicyclic) bond motifs is 3. The van der Waals surface area contributed by atoms with Crippen molar-refractivity contribution in [2.24, 2.45) is 11.3 Å². The Kier molecular flexibility index (Phi) is 3.83. The predicted octanol–water partition coefficient (Wildman–Crippen LogP) is 3.79. The molecule has 120 valence electrons. The van der Waals surface area contributed by atoms with E-state index in [9.17, 15) is 13.2 Å². The van der Waals surface area contributed by atoms with Gasteiger partial charge in [0.05, 0.1) is 19.8 Å². The van der Waals surface area contributed by atoms with Crippen LogP contribution in [0.3, 0.4) is 0 Å². The van der Waals surface area contributed by atoms with Crippen LogP contribution in [0.1, 0.15) is 39.0 Å². The molecule has 1 aliphatic carbocycles. The molecule has 3 nitrogen and oxygen atoms in total. The average molecular weight is 306 g/mol. The molecule has 21 heavy (non-hydrogen) atoms. The van der Waals surface area contributed by atoms with Gasteiger partial charge in [-0.15, -0.1) is 0 Å². The summed E-state index contributed by atoms with van der Waals surface area (Å²) in [5.41, 5.74) is -0.514. The standard InChI is InChI=1S/C15H21F3O3/c1-2-7-13-8-19-15(20-9-13,21-10-13)12-5-3-11(4-6-12)14(16,17)18/h3,12H,2,4-10H2,1H3. The number of halogens is 3. The minimum atomic E-state index is -4.22. The first-order chi connectivity index (χ1) is 9.89. The summed E-state index contributed by atoms with van der Waals surface area (Å²) in [5.74, 6) is -1.29. The number of allylic oxidation sites excluding steroid dienone is 2. The molecule has 3 saturated heterocycles. The Morgan fingerprint density at radius 3 is 2.24 bits per heavy atom. The zero-order valence-corrected chi connectivity index (χ0v) is 12.2. The van der Waals surface area contributed by atoms with E-state index in [-0.39, 0.29) is 24.2 Å². The second kappa shape index (κ2) is 5.25. The fourth-order valence-corrected chi connectivity index (χ4v) is 3.52. The number of rotatable bonds is 3. The molecule has 3 heterocycles. The summed E-state index contributed by atoms with van der Waals surface area (Å²) in [6, 6.07) is 0. The van der Waals surface area contributed by atoms with Crippen LogP contribution >= 0.6 is 0 Å². The highest BCUT2D eigenvalue weighted by Crippen LogP contribution is 2.48. The van der Waals surface area contributed by atoms with Gasteiger partial charge < -0.3 is 14.2 Å². The van der Waals surface area contributed by atoms with E-state index in [1.54, 1.807) is 0 Å². The molecule has 0 aromatic rings. The van der Waals surface area contributed by atoms with E-state index in [4.69, 9.17) is 14.2 Å². The maximum atomic E-state index is 12.7. The molecule has 0 radical (unpaired) electrons. The molecule has 4 aliphatic rings. The number of hydrogen-bond acceptors (Lipinski definition) is 3. The molecule has 0 aromatic carbocycles. The lowest BCUT2D eigenvalue weighted by Crippen LogP contribution is -2.63. The molecule has 0 aromatic heterocycles. The van der Waals surface area contributed by atoms with Gasteiger partial charge in [0, 0.05) is 16.9 Å². The first kappa shape index (κ1) is 15.3. The van der Waals surface area contributed by atoms with Crippen molar-refractivity contribution >= 4 is 0 Å². The maximum Gasteiger partial charge on any atom is 0.412 e. The fraction of sp³-hybridized carbons (Fsp3) is 0.867. The lowest BCUT2D eigenvalue weighted by atomic mass is 9.81. The molecular formula is C15H21F3O3. The lowest BCUT2D eigenvalue weighted by molar-refractivity contribution is -0.487. The molecule has 1 unspecified atom stereocenters. The van der Waals surface area contributed by atoms with Crippen molar-refractivity contribution in [3.8, 4) is 0 Å². The van der Waals surface area contributed by atoms with Crippen molar-refractivity contribution in [1.82, 2.24) is 0 Å². The second-order valence-corrected chi connectivity index (χ2v) is 6.42. The largest absolute Gasteiger partial charge is 0.412 e. The molecule has 3 fully saturated rings. The molecule has 1 atom stereocenters. The lowest BCUT2D eigenvalue weighted by Gasteiger charge is -2.54. The van der Waals surface area contributed by atoms with Gasteiger partial charge in [-0.2, -0.15) is 13.2 Å². The Morgan fingerprint density at radius 1 is 1.19 bits per heavy atom. The Hall–Kier alpha value is -0.590. The highest BCUT2D eigenvalue weighted by Gasteiger charge is 2.56. The molecule has 4 rings (SSSR count). The topological polar surface area (TPSA) is 27.7 Å². The van der Waals surface area contributed by atoms with Gasteiger partial charge in [-0.3, -0.25) is 0 Å². The summed E-state index contributed by atoms with van der Waals surface area (Å²) in [7, 11) is 0. The molecule has 0 saturated carbocycles. The van der Waals surface area contributed by atoms with E-state index in [0.29, 0.717) is 26.2 Å². The van der Waals surface area contributed by atoms with Crippen LogP contribution in [-0.4, -0.2) is 32.0 Å². The Morgan fingerprint density at radius 2 is 1.81 bits per heavy atom. The van der Waals surface area contributed by atoms with E-state index < -0.39 is 17.7 Å². The van der Waals surface area contributed by atoms with Crippen molar-refractivity contribution in [2.75, 3.05) is 19.8 Å². The molecule has 2 bridgehead atoms. The van der Waals surface area contributed by atoms with Gasteiger partial charge in [0.25, 0.3) is 5.97 Å². The van der Waals surface area contributed by atoms with Gasteiger partial charge in [-0.25, -0.2) is 0 Å². The van der Waals surface area contributed by atoms with Crippen LogP contribution in [0.25, 0.3) is 0 Å². The summed E-state index contributed by atoms with van der Waals surface area (Å²) in [4.78, 5) is 0. The molecule has 0 spiro atoms. The van der Waals surface area contributed by atoms with Crippen LogP contribution in [0.15, 0.2) is 11.6 Å². The van der Waals surface area contributed by atoms with E-state index >= 15 is 0 Å². The first-order valence-electron chi connectivity index (χ1n) is 7.57. The smallest absolute Gasteiger partial charge is 0.326 e. The average Bonchev–Trinajstić information content (AvgIpc) is 2.48. The van der Waals surface area contributed by atoms with Crippen molar-refractivity contribution in [1.29, 1.82) is 0 Å². The SMILES string of the molecule is CCCC12COC(C3CC=C(C(F)(F)F)CC3)(OC1)OC2. The number of ether oxygens (including phenoxy) is 3. The van der Waals surface area contributed by atoms with Crippen LogP contribution in [0, 0.1) is 11.3 Å². The van der Waals surface area contributed by atoms with Gasteiger partial charge in [0.15, 0.2) is 0 Å². The van der Waals surface area contributed by atoms with Gasteiger partial charge in [-0.05, 0) is 25.7 Å². The quantitative estimate of drug-likeness (QED) is 0.742. The minimum Gasteiger partial charge on any atom is -0.326 e. The zero-order chi connectivity index (χ0) is 15.1. The van der Waals surface area contributed by atoms with Crippen molar-refractivity contribution < 1.29 is 27.4 Å². The van der Waals surface area contributed by atoms with Crippen molar-refractivity contribution in [3.05, 3.63) is 11.6 Å². The summed E-state index contributed by atoms with van der Waals surface area (Å²) in [6.07, 6.45) is -0.272. The van der Waals surface area contributed by atoms with Crippen molar-refractivity contribution in [3.63, 3.8) is 0 Å².